The topological polar surface area (TPSA) is 79.3 Å². The second-order valence-corrected chi connectivity index (χ2v) is 4.99. The lowest BCUT2D eigenvalue weighted by Crippen LogP contribution is -2.36. The van der Waals surface area contributed by atoms with Crippen LogP contribution in [0.25, 0.3) is 0 Å². The molecule has 19 heavy (non-hydrogen) atoms. The summed E-state index contributed by atoms with van der Waals surface area (Å²) in [6.45, 7) is 1.89. The molecule has 5 heteroatoms. The maximum Gasteiger partial charge on any atom is 0.307 e. The standard InChI is InChI=1S/C14H18N2O3/c1-9(10-5-7-15-8-6-10)16-13(17)11-3-2-4-12(11)14(18)19/h5-9,11-12H,2-4H2,1H3,(H,16,17)(H,18,19)/t9-,11+,12-/m0/s1. The number of carboxylic acid groups (broad SMARTS) is 1. The van der Waals surface area contributed by atoms with Gasteiger partial charge in [0.05, 0.1) is 17.9 Å². The third-order valence-corrected chi connectivity index (χ3v) is 3.73. The third kappa shape index (κ3) is 3.10. The summed E-state index contributed by atoms with van der Waals surface area (Å²) in [5, 5.41) is 12.0. The largest absolute Gasteiger partial charge is 0.481 e. The van der Waals surface area contributed by atoms with Gasteiger partial charge in [-0.1, -0.05) is 6.42 Å². The van der Waals surface area contributed by atoms with Gasteiger partial charge >= 0.3 is 5.97 Å². The minimum absolute atomic E-state index is 0.134. The average molecular weight is 262 g/mol. The fourth-order valence-corrected chi connectivity index (χ4v) is 2.63. The lowest BCUT2D eigenvalue weighted by Gasteiger charge is -2.19. The van der Waals surface area contributed by atoms with Gasteiger partial charge in [0.25, 0.3) is 0 Å². The monoisotopic (exact) mass is 262 g/mol. The molecule has 1 aliphatic rings. The van der Waals surface area contributed by atoms with Crippen molar-refractivity contribution >= 4 is 11.9 Å². The summed E-state index contributed by atoms with van der Waals surface area (Å²) >= 11 is 0. The van der Waals surface area contributed by atoms with E-state index in [1.54, 1.807) is 12.4 Å². The van der Waals surface area contributed by atoms with Crippen LogP contribution < -0.4 is 5.32 Å². The van der Waals surface area contributed by atoms with Crippen molar-refractivity contribution in [1.82, 2.24) is 10.3 Å². The van der Waals surface area contributed by atoms with E-state index in [-0.39, 0.29) is 11.9 Å². The van der Waals surface area contributed by atoms with Crippen LogP contribution in [0.3, 0.4) is 0 Å². The fourth-order valence-electron chi connectivity index (χ4n) is 2.63. The number of aliphatic carboxylic acids is 1. The van der Waals surface area contributed by atoms with E-state index in [9.17, 15) is 9.59 Å². The maximum absolute atomic E-state index is 12.2. The van der Waals surface area contributed by atoms with E-state index in [0.717, 1.165) is 12.0 Å². The summed E-state index contributed by atoms with van der Waals surface area (Å²) in [6, 6.07) is 3.55. The number of nitrogens with one attached hydrogen (secondary N) is 1. The van der Waals surface area contributed by atoms with Crippen LogP contribution in [-0.2, 0) is 9.59 Å². The number of carbonyl (C=O) groups is 2. The molecule has 102 valence electrons. The fraction of sp³-hybridized carbons (Fsp3) is 0.500. The molecule has 3 atom stereocenters. The van der Waals surface area contributed by atoms with Crippen molar-refractivity contribution in [3.8, 4) is 0 Å². The molecule has 0 radical (unpaired) electrons. The van der Waals surface area contributed by atoms with Gasteiger partial charge in [0.15, 0.2) is 0 Å². The maximum atomic E-state index is 12.2. The lowest BCUT2D eigenvalue weighted by atomic mass is 9.95. The number of pyridine rings is 1. The second-order valence-electron chi connectivity index (χ2n) is 4.99. The van der Waals surface area contributed by atoms with E-state index in [4.69, 9.17) is 5.11 Å². The summed E-state index contributed by atoms with van der Waals surface area (Å²) in [4.78, 5) is 27.2. The van der Waals surface area contributed by atoms with Crippen molar-refractivity contribution in [2.75, 3.05) is 0 Å². The molecule has 0 saturated heterocycles. The molecule has 0 bridgehead atoms. The van der Waals surface area contributed by atoms with Gasteiger partial charge in [0.1, 0.15) is 0 Å². The van der Waals surface area contributed by atoms with E-state index in [1.165, 1.54) is 0 Å². The molecule has 1 heterocycles. The Hall–Kier alpha value is -1.91. The number of carboxylic acids is 1. The highest BCUT2D eigenvalue weighted by Gasteiger charge is 2.38. The van der Waals surface area contributed by atoms with E-state index in [2.05, 4.69) is 10.3 Å². The highest BCUT2D eigenvalue weighted by molar-refractivity contribution is 5.85. The molecule has 0 aliphatic heterocycles. The number of amides is 1. The van der Waals surface area contributed by atoms with E-state index in [1.807, 2.05) is 19.1 Å². The van der Waals surface area contributed by atoms with Crippen molar-refractivity contribution < 1.29 is 14.7 Å². The number of carbonyl (C=O) groups excluding carboxylic acids is 1. The van der Waals surface area contributed by atoms with Crippen LogP contribution in [0.1, 0.15) is 37.8 Å². The minimum Gasteiger partial charge on any atom is -0.481 e. The van der Waals surface area contributed by atoms with Gasteiger partial charge in [-0.05, 0) is 37.5 Å². The first-order valence-corrected chi connectivity index (χ1v) is 6.52. The van der Waals surface area contributed by atoms with Crippen LogP contribution >= 0.6 is 0 Å². The molecule has 1 amide bonds. The molecule has 1 aromatic heterocycles. The van der Waals surface area contributed by atoms with Gasteiger partial charge in [0, 0.05) is 12.4 Å². The van der Waals surface area contributed by atoms with Crippen molar-refractivity contribution in [2.45, 2.75) is 32.2 Å². The molecule has 1 fully saturated rings. The summed E-state index contributed by atoms with van der Waals surface area (Å²) in [5.74, 6) is -1.96. The number of rotatable bonds is 4. The van der Waals surface area contributed by atoms with E-state index in [0.29, 0.717) is 12.8 Å². The van der Waals surface area contributed by atoms with Gasteiger partial charge in [0.2, 0.25) is 5.91 Å². The first-order valence-electron chi connectivity index (χ1n) is 6.52. The molecule has 2 N–H and O–H groups in total. The van der Waals surface area contributed by atoms with Crippen LogP contribution in [0.15, 0.2) is 24.5 Å². The SMILES string of the molecule is C[C@H](NC(=O)[C@@H]1CCC[C@@H]1C(=O)O)c1ccncc1. The molecule has 2 rings (SSSR count). The number of aromatic nitrogens is 1. The molecule has 0 unspecified atom stereocenters. The van der Waals surface area contributed by atoms with Crippen molar-refractivity contribution in [2.24, 2.45) is 11.8 Å². The predicted molar refractivity (Wildman–Crippen MR) is 69.3 cm³/mol. The zero-order chi connectivity index (χ0) is 13.8. The highest BCUT2D eigenvalue weighted by Crippen LogP contribution is 2.32. The Bertz CT molecular complexity index is 461. The van der Waals surface area contributed by atoms with E-state index >= 15 is 0 Å². The Morgan fingerprint density at radius 3 is 2.58 bits per heavy atom. The minimum atomic E-state index is -0.866. The Kier molecular flexibility index (Phi) is 4.14. The van der Waals surface area contributed by atoms with Gasteiger partial charge in [-0.25, -0.2) is 0 Å². The first kappa shape index (κ1) is 13.5. The average Bonchev–Trinajstić information content (AvgIpc) is 2.89. The van der Waals surface area contributed by atoms with Crippen LogP contribution in [0, 0.1) is 11.8 Å². The van der Waals surface area contributed by atoms with Gasteiger partial charge in [-0.15, -0.1) is 0 Å². The molecule has 1 aromatic rings. The van der Waals surface area contributed by atoms with Crippen molar-refractivity contribution in [1.29, 1.82) is 0 Å². The van der Waals surface area contributed by atoms with Gasteiger partial charge in [-0.3, -0.25) is 14.6 Å². The predicted octanol–water partition coefficient (Wildman–Crippen LogP) is 1.76. The van der Waals surface area contributed by atoms with Crippen LogP contribution in [0.2, 0.25) is 0 Å². The Balaban J connectivity index is 1.99. The van der Waals surface area contributed by atoms with Crippen LogP contribution in [0.5, 0.6) is 0 Å². The summed E-state index contributed by atoms with van der Waals surface area (Å²) in [5.41, 5.74) is 0.966. The summed E-state index contributed by atoms with van der Waals surface area (Å²) < 4.78 is 0. The molecule has 1 saturated carbocycles. The van der Waals surface area contributed by atoms with Gasteiger partial charge in [-0.2, -0.15) is 0 Å². The van der Waals surface area contributed by atoms with Crippen LogP contribution in [0.4, 0.5) is 0 Å². The van der Waals surface area contributed by atoms with E-state index < -0.39 is 17.8 Å². The smallest absolute Gasteiger partial charge is 0.307 e. The third-order valence-electron chi connectivity index (χ3n) is 3.73. The summed E-state index contributed by atoms with van der Waals surface area (Å²) in [7, 11) is 0. The first-order chi connectivity index (χ1) is 9.09. The Morgan fingerprint density at radius 2 is 1.95 bits per heavy atom. The normalized spacial score (nSPS) is 23.8. The van der Waals surface area contributed by atoms with Crippen molar-refractivity contribution in [3.05, 3.63) is 30.1 Å². The second kappa shape index (κ2) is 5.82. The zero-order valence-electron chi connectivity index (χ0n) is 10.9. The molecule has 0 aromatic carbocycles. The number of hydrogen-bond acceptors (Lipinski definition) is 3. The molecule has 5 nitrogen and oxygen atoms in total. The van der Waals surface area contributed by atoms with Crippen LogP contribution in [-0.4, -0.2) is 22.0 Å². The molecular formula is C14H18N2O3. The molecule has 1 aliphatic carbocycles. The molecular weight excluding hydrogens is 244 g/mol. The Labute approximate surface area is 112 Å². The highest BCUT2D eigenvalue weighted by atomic mass is 16.4. The zero-order valence-corrected chi connectivity index (χ0v) is 10.9. The summed E-state index contributed by atoms with van der Waals surface area (Å²) in [6.07, 6.45) is 5.41. The lowest BCUT2D eigenvalue weighted by molar-refractivity contribution is -0.146. The number of nitrogens with zero attached hydrogens (tertiary/aromatic N) is 1. The van der Waals surface area contributed by atoms with Gasteiger partial charge < -0.3 is 10.4 Å². The Morgan fingerprint density at radius 1 is 1.32 bits per heavy atom. The number of hydrogen-bond donors (Lipinski definition) is 2. The molecule has 0 spiro atoms. The quantitative estimate of drug-likeness (QED) is 0.866. The van der Waals surface area contributed by atoms with Crippen molar-refractivity contribution in [3.63, 3.8) is 0 Å².